The van der Waals surface area contributed by atoms with Gasteiger partial charge in [0.1, 0.15) is 11.5 Å². The van der Waals surface area contributed by atoms with E-state index in [1.165, 1.54) is 6.92 Å². The summed E-state index contributed by atoms with van der Waals surface area (Å²) < 4.78 is 10.6. The first-order valence-corrected chi connectivity index (χ1v) is 8.47. The summed E-state index contributed by atoms with van der Waals surface area (Å²) in [6.07, 6.45) is 0.228. The third-order valence-corrected chi connectivity index (χ3v) is 3.70. The van der Waals surface area contributed by atoms with Crippen LogP contribution in [0.25, 0.3) is 0 Å². The van der Waals surface area contributed by atoms with Gasteiger partial charge in [0, 0.05) is 39.2 Å². The first kappa shape index (κ1) is 19.5. The monoisotopic (exact) mass is 356 g/mol. The molecule has 6 nitrogen and oxygen atoms in total. The van der Waals surface area contributed by atoms with Gasteiger partial charge in [0.2, 0.25) is 11.8 Å². The summed E-state index contributed by atoms with van der Waals surface area (Å²) in [7, 11) is 1.58. The molecule has 0 saturated heterocycles. The Kier molecular flexibility index (Phi) is 7.64. The molecule has 1 N–H and O–H groups in total. The molecular weight excluding hydrogens is 332 g/mol. The Morgan fingerprint density at radius 1 is 1.00 bits per heavy atom. The first-order chi connectivity index (χ1) is 12.6. The molecule has 0 aromatic heterocycles. The Hall–Kier alpha value is -2.86. The van der Waals surface area contributed by atoms with Crippen LogP contribution in [0.5, 0.6) is 11.5 Å². The van der Waals surface area contributed by atoms with E-state index in [4.69, 9.17) is 9.47 Å². The molecule has 0 fully saturated rings. The second-order valence-electron chi connectivity index (χ2n) is 5.67. The summed E-state index contributed by atoms with van der Waals surface area (Å²) in [6, 6.07) is 16.7. The predicted octanol–water partition coefficient (Wildman–Crippen LogP) is 2.98. The summed E-state index contributed by atoms with van der Waals surface area (Å²) in [5.74, 6) is 1.20. The van der Waals surface area contributed by atoms with E-state index in [2.05, 4.69) is 5.32 Å². The van der Waals surface area contributed by atoms with Gasteiger partial charge in [-0.05, 0) is 36.4 Å². The number of nitrogens with zero attached hydrogens (tertiary/aromatic N) is 1. The quantitative estimate of drug-likeness (QED) is 0.702. The minimum Gasteiger partial charge on any atom is -0.457 e. The second-order valence-corrected chi connectivity index (χ2v) is 5.67. The van der Waals surface area contributed by atoms with Crippen molar-refractivity contribution in [3.63, 3.8) is 0 Å². The molecular formula is C20H24N2O4. The van der Waals surface area contributed by atoms with Gasteiger partial charge in [-0.15, -0.1) is 0 Å². The molecule has 0 bridgehead atoms. The summed E-state index contributed by atoms with van der Waals surface area (Å²) in [4.78, 5) is 25.3. The van der Waals surface area contributed by atoms with Gasteiger partial charge in [0.05, 0.1) is 6.61 Å². The molecule has 2 aromatic carbocycles. The largest absolute Gasteiger partial charge is 0.457 e. The lowest BCUT2D eigenvalue weighted by Crippen LogP contribution is -2.34. The maximum Gasteiger partial charge on any atom is 0.223 e. The van der Waals surface area contributed by atoms with Crippen LogP contribution in [-0.4, -0.2) is 38.6 Å². The number of para-hydroxylation sites is 1. The van der Waals surface area contributed by atoms with Gasteiger partial charge in [-0.1, -0.05) is 18.2 Å². The van der Waals surface area contributed by atoms with Gasteiger partial charge in [0.25, 0.3) is 0 Å². The van der Waals surface area contributed by atoms with Crippen LogP contribution in [0.3, 0.4) is 0 Å². The van der Waals surface area contributed by atoms with Gasteiger partial charge in [0.15, 0.2) is 0 Å². The van der Waals surface area contributed by atoms with Crippen molar-refractivity contribution in [3.05, 3.63) is 54.6 Å². The fraction of sp³-hybridized carbons (Fsp3) is 0.300. The average molecular weight is 356 g/mol. The van der Waals surface area contributed by atoms with Gasteiger partial charge < -0.3 is 19.7 Å². The highest BCUT2D eigenvalue weighted by Crippen LogP contribution is 2.24. The van der Waals surface area contributed by atoms with Gasteiger partial charge in [-0.25, -0.2) is 0 Å². The van der Waals surface area contributed by atoms with Crippen LogP contribution in [0.1, 0.15) is 13.3 Å². The minimum absolute atomic E-state index is 0.114. The molecule has 0 aliphatic heterocycles. The number of methoxy groups -OCH3 is 1. The third-order valence-electron chi connectivity index (χ3n) is 3.70. The number of hydrogen-bond donors (Lipinski definition) is 1. The maximum absolute atomic E-state index is 11.9. The van der Waals surface area contributed by atoms with Crippen LogP contribution in [0.2, 0.25) is 0 Å². The van der Waals surface area contributed by atoms with E-state index in [1.54, 1.807) is 24.1 Å². The second kappa shape index (κ2) is 10.2. The Morgan fingerprint density at radius 3 is 2.27 bits per heavy atom. The lowest BCUT2D eigenvalue weighted by Gasteiger charge is -2.21. The Morgan fingerprint density at radius 2 is 1.65 bits per heavy atom. The normalized spacial score (nSPS) is 10.2. The lowest BCUT2D eigenvalue weighted by molar-refractivity contribution is -0.121. The van der Waals surface area contributed by atoms with Crippen molar-refractivity contribution in [2.75, 3.05) is 31.7 Å². The van der Waals surface area contributed by atoms with Crippen LogP contribution in [0.15, 0.2) is 54.6 Å². The molecule has 2 aromatic rings. The highest BCUT2D eigenvalue weighted by atomic mass is 16.5. The average Bonchev–Trinajstić information content (AvgIpc) is 2.64. The van der Waals surface area contributed by atoms with Crippen LogP contribution in [0.4, 0.5) is 5.69 Å². The van der Waals surface area contributed by atoms with E-state index in [-0.39, 0.29) is 18.2 Å². The Bertz CT molecular complexity index is 702. The molecule has 2 amide bonds. The number of benzene rings is 2. The van der Waals surface area contributed by atoms with Crippen molar-refractivity contribution in [1.82, 2.24) is 5.32 Å². The number of amides is 2. The molecule has 0 aliphatic carbocycles. The zero-order chi connectivity index (χ0) is 18.8. The molecule has 0 unspecified atom stereocenters. The van der Waals surface area contributed by atoms with Gasteiger partial charge in [-0.3, -0.25) is 9.59 Å². The van der Waals surface area contributed by atoms with Crippen LogP contribution in [0, 0.1) is 0 Å². The Labute approximate surface area is 153 Å². The number of rotatable bonds is 9. The number of ether oxygens (including phenoxy) is 2. The van der Waals surface area contributed by atoms with E-state index in [9.17, 15) is 9.59 Å². The van der Waals surface area contributed by atoms with Crippen molar-refractivity contribution in [2.24, 2.45) is 0 Å². The van der Waals surface area contributed by atoms with E-state index >= 15 is 0 Å². The topological polar surface area (TPSA) is 67.9 Å². The van der Waals surface area contributed by atoms with Crippen molar-refractivity contribution >= 4 is 17.5 Å². The van der Waals surface area contributed by atoms with Crippen LogP contribution in [-0.2, 0) is 14.3 Å². The zero-order valence-corrected chi connectivity index (χ0v) is 15.1. The molecule has 0 spiro atoms. The fourth-order valence-electron chi connectivity index (χ4n) is 2.38. The van der Waals surface area contributed by atoms with Crippen molar-refractivity contribution in [3.8, 4) is 11.5 Å². The summed E-state index contributed by atoms with van der Waals surface area (Å²) >= 11 is 0. The maximum atomic E-state index is 11.9. The summed E-state index contributed by atoms with van der Waals surface area (Å²) in [5.41, 5.74) is 0.725. The number of carbonyl (C=O) groups excluding carboxylic acids is 2. The van der Waals surface area contributed by atoms with Crippen molar-refractivity contribution in [1.29, 1.82) is 0 Å². The minimum atomic E-state index is -0.119. The summed E-state index contributed by atoms with van der Waals surface area (Å²) in [6.45, 7) is 2.72. The molecule has 0 radical (unpaired) electrons. The Balaban J connectivity index is 1.94. The van der Waals surface area contributed by atoms with Crippen molar-refractivity contribution in [2.45, 2.75) is 13.3 Å². The molecule has 2 rings (SSSR count). The molecule has 138 valence electrons. The molecule has 0 saturated carbocycles. The number of carbonyl (C=O) groups is 2. The van der Waals surface area contributed by atoms with Crippen LogP contribution >= 0.6 is 0 Å². The zero-order valence-electron chi connectivity index (χ0n) is 15.1. The molecule has 0 atom stereocenters. The molecule has 26 heavy (non-hydrogen) atoms. The predicted molar refractivity (Wildman–Crippen MR) is 100 cm³/mol. The van der Waals surface area contributed by atoms with E-state index < -0.39 is 0 Å². The highest BCUT2D eigenvalue weighted by molar-refractivity contribution is 5.92. The number of nitrogens with one attached hydrogen (secondary N) is 1. The smallest absolute Gasteiger partial charge is 0.223 e. The number of hydrogen-bond acceptors (Lipinski definition) is 4. The molecule has 6 heteroatoms. The standard InChI is InChI=1S/C20H24N2O4/c1-16(23)22(14-12-20(24)21-13-15-25-2)17-8-10-19(11-9-17)26-18-6-4-3-5-7-18/h3-11H,12-15H2,1-2H3,(H,21,24). The van der Waals surface area contributed by atoms with Crippen LogP contribution < -0.4 is 15.0 Å². The molecule has 0 aliphatic rings. The lowest BCUT2D eigenvalue weighted by atomic mass is 10.2. The van der Waals surface area contributed by atoms with Gasteiger partial charge in [-0.2, -0.15) is 0 Å². The molecule has 0 heterocycles. The highest BCUT2D eigenvalue weighted by Gasteiger charge is 2.13. The van der Waals surface area contributed by atoms with E-state index in [0.717, 1.165) is 11.4 Å². The summed E-state index contributed by atoms with van der Waals surface area (Å²) in [5, 5.41) is 2.74. The van der Waals surface area contributed by atoms with E-state index in [0.29, 0.717) is 25.4 Å². The first-order valence-electron chi connectivity index (χ1n) is 8.47. The van der Waals surface area contributed by atoms with Gasteiger partial charge >= 0.3 is 0 Å². The fourth-order valence-corrected chi connectivity index (χ4v) is 2.38. The van der Waals surface area contributed by atoms with E-state index in [1.807, 2.05) is 42.5 Å². The number of anilines is 1. The SMILES string of the molecule is COCCNC(=O)CCN(C(C)=O)c1ccc(Oc2ccccc2)cc1. The van der Waals surface area contributed by atoms with Crippen molar-refractivity contribution < 1.29 is 19.1 Å². The third kappa shape index (κ3) is 6.22.